The predicted molar refractivity (Wildman–Crippen MR) is 139 cm³/mol. The number of allylic oxidation sites excluding steroid dienone is 2. The van der Waals surface area contributed by atoms with E-state index in [9.17, 15) is 13.2 Å². The van der Waals surface area contributed by atoms with Gasteiger partial charge in [0.05, 0.1) is 0 Å². The van der Waals surface area contributed by atoms with Crippen LogP contribution in [0.5, 0.6) is 17.2 Å². The monoisotopic (exact) mass is 510 g/mol. The normalized spacial score (nSPS) is 24.7. The van der Waals surface area contributed by atoms with Crippen LogP contribution in [0, 0.1) is 17.8 Å². The van der Waals surface area contributed by atoms with Gasteiger partial charge in [-0.3, -0.25) is 0 Å². The quantitative estimate of drug-likeness (QED) is 0.174. The summed E-state index contributed by atoms with van der Waals surface area (Å²) in [6.07, 6.45) is 22.6. The van der Waals surface area contributed by atoms with Crippen molar-refractivity contribution in [1.82, 2.24) is 0 Å². The molecule has 2 fully saturated rings. The number of hydrogen-bond donors (Lipinski definition) is 0. The number of hydrogen-bond acceptors (Lipinski definition) is 3. The average molecular weight is 511 g/mol. The van der Waals surface area contributed by atoms with Gasteiger partial charge in [-0.1, -0.05) is 70.4 Å². The summed E-state index contributed by atoms with van der Waals surface area (Å²) in [7, 11) is 0. The Morgan fingerprint density at radius 1 is 0.750 bits per heavy atom. The summed E-state index contributed by atoms with van der Waals surface area (Å²) in [5, 5.41) is 0. The van der Waals surface area contributed by atoms with E-state index in [4.69, 9.17) is 14.2 Å². The Bertz CT molecular complexity index is 742. The van der Waals surface area contributed by atoms with Crippen LogP contribution in [0.2, 0.25) is 0 Å². The molecule has 0 heterocycles. The molecule has 2 aliphatic carbocycles. The lowest BCUT2D eigenvalue weighted by molar-refractivity contribution is 0.139. The SMILES string of the molecule is CCCCCC1CCC(CC/C=C/C2CCC(c3cc(OCF)c(OCF)c(OCF)c3)CC2)CC1. The molecular formula is C30H45F3O3. The first-order valence-electron chi connectivity index (χ1n) is 14.1. The van der Waals surface area contributed by atoms with E-state index < -0.39 is 20.6 Å². The van der Waals surface area contributed by atoms with E-state index >= 15 is 0 Å². The molecule has 36 heavy (non-hydrogen) atoms. The third-order valence-electron chi connectivity index (χ3n) is 8.24. The molecule has 0 spiro atoms. The maximum absolute atomic E-state index is 12.9. The highest BCUT2D eigenvalue weighted by Gasteiger charge is 2.25. The number of unbranched alkanes of at least 4 members (excludes halogenated alkanes) is 2. The van der Waals surface area contributed by atoms with E-state index in [0.29, 0.717) is 5.92 Å². The van der Waals surface area contributed by atoms with E-state index in [0.717, 1.165) is 43.1 Å². The second kappa shape index (κ2) is 16.1. The Hall–Kier alpha value is -1.85. The third-order valence-corrected chi connectivity index (χ3v) is 8.24. The Kier molecular flexibility index (Phi) is 12.8. The predicted octanol–water partition coefficient (Wildman–Crippen LogP) is 9.60. The van der Waals surface area contributed by atoms with Crippen molar-refractivity contribution in [1.29, 1.82) is 0 Å². The zero-order valence-corrected chi connectivity index (χ0v) is 22.0. The molecule has 204 valence electrons. The van der Waals surface area contributed by atoms with Crippen LogP contribution < -0.4 is 14.2 Å². The van der Waals surface area contributed by atoms with Gasteiger partial charge in [-0.15, -0.1) is 0 Å². The number of halogens is 3. The van der Waals surface area contributed by atoms with Crippen LogP contribution in [0.1, 0.15) is 108 Å². The lowest BCUT2D eigenvalue weighted by atomic mass is 9.77. The minimum atomic E-state index is -1.14. The van der Waals surface area contributed by atoms with Crippen molar-refractivity contribution in [3.8, 4) is 17.2 Å². The topological polar surface area (TPSA) is 27.7 Å². The molecule has 0 aliphatic heterocycles. The summed E-state index contributed by atoms with van der Waals surface area (Å²) in [4.78, 5) is 0. The Morgan fingerprint density at radius 2 is 1.33 bits per heavy atom. The van der Waals surface area contributed by atoms with Crippen LogP contribution in [-0.2, 0) is 0 Å². The fraction of sp³-hybridized carbons (Fsp3) is 0.733. The molecule has 0 aromatic heterocycles. The van der Waals surface area contributed by atoms with Gasteiger partial charge in [0.25, 0.3) is 0 Å². The zero-order chi connectivity index (χ0) is 25.6. The first kappa shape index (κ1) is 28.7. The highest BCUT2D eigenvalue weighted by atomic mass is 19.1. The molecule has 2 aliphatic rings. The van der Waals surface area contributed by atoms with Crippen molar-refractivity contribution in [2.24, 2.45) is 17.8 Å². The Balaban J connectivity index is 1.43. The molecule has 6 heteroatoms. The summed E-state index contributed by atoms with van der Waals surface area (Å²) in [6, 6.07) is 3.35. The molecule has 0 bridgehead atoms. The van der Waals surface area contributed by atoms with E-state index in [-0.39, 0.29) is 23.2 Å². The number of alkyl halides is 3. The Labute approximate surface area is 215 Å². The lowest BCUT2D eigenvalue weighted by Gasteiger charge is -2.29. The highest BCUT2D eigenvalue weighted by molar-refractivity contribution is 5.54. The van der Waals surface area contributed by atoms with Crippen molar-refractivity contribution in [3.05, 3.63) is 29.8 Å². The van der Waals surface area contributed by atoms with Gasteiger partial charge in [0.15, 0.2) is 11.5 Å². The van der Waals surface area contributed by atoms with Crippen molar-refractivity contribution in [2.75, 3.05) is 20.6 Å². The second-order valence-electron chi connectivity index (χ2n) is 10.6. The van der Waals surface area contributed by atoms with Crippen molar-refractivity contribution >= 4 is 0 Å². The third kappa shape index (κ3) is 8.92. The smallest absolute Gasteiger partial charge is 0.229 e. The second-order valence-corrected chi connectivity index (χ2v) is 10.6. The molecule has 0 N–H and O–H groups in total. The number of ether oxygens (including phenoxy) is 3. The van der Waals surface area contributed by atoms with Gasteiger partial charge in [0.2, 0.25) is 26.3 Å². The van der Waals surface area contributed by atoms with Gasteiger partial charge in [-0.05, 0) is 79.9 Å². The fourth-order valence-corrected chi connectivity index (χ4v) is 6.12. The fourth-order valence-electron chi connectivity index (χ4n) is 6.12. The molecule has 0 saturated heterocycles. The van der Waals surface area contributed by atoms with E-state index in [1.54, 1.807) is 12.1 Å². The first-order valence-corrected chi connectivity index (χ1v) is 14.1. The van der Waals surface area contributed by atoms with Crippen molar-refractivity contribution in [3.63, 3.8) is 0 Å². The molecule has 0 unspecified atom stereocenters. The van der Waals surface area contributed by atoms with Crippen LogP contribution in [0.25, 0.3) is 0 Å². The maximum Gasteiger partial charge on any atom is 0.229 e. The maximum atomic E-state index is 12.9. The molecule has 0 radical (unpaired) electrons. The van der Waals surface area contributed by atoms with Gasteiger partial charge in [-0.25, -0.2) is 13.2 Å². The summed E-state index contributed by atoms with van der Waals surface area (Å²) >= 11 is 0. The summed E-state index contributed by atoms with van der Waals surface area (Å²) < 4.78 is 53.5. The van der Waals surface area contributed by atoms with Gasteiger partial charge in [0, 0.05) is 0 Å². The summed E-state index contributed by atoms with van der Waals surface area (Å²) in [6.45, 7) is -1.02. The molecule has 1 aromatic carbocycles. The minimum Gasteiger partial charge on any atom is -0.459 e. The van der Waals surface area contributed by atoms with Crippen molar-refractivity contribution < 1.29 is 27.4 Å². The van der Waals surface area contributed by atoms with E-state index in [1.165, 1.54) is 64.2 Å². The van der Waals surface area contributed by atoms with E-state index in [1.807, 2.05) is 0 Å². The summed E-state index contributed by atoms with van der Waals surface area (Å²) in [5.41, 5.74) is 0.890. The highest BCUT2D eigenvalue weighted by Crippen LogP contribution is 2.44. The largest absolute Gasteiger partial charge is 0.459 e. The minimum absolute atomic E-state index is 0.0492. The average Bonchev–Trinajstić information content (AvgIpc) is 2.90. The van der Waals surface area contributed by atoms with Gasteiger partial charge < -0.3 is 14.2 Å². The number of benzene rings is 1. The Morgan fingerprint density at radius 3 is 1.89 bits per heavy atom. The van der Waals surface area contributed by atoms with E-state index in [2.05, 4.69) is 19.1 Å². The van der Waals surface area contributed by atoms with Crippen LogP contribution in [0.3, 0.4) is 0 Å². The van der Waals surface area contributed by atoms with Crippen LogP contribution in [-0.4, -0.2) is 20.6 Å². The first-order chi connectivity index (χ1) is 17.7. The van der Waals surface area contributed by atoms with Crippen LogP contribution in [0.4, 0.5) is 13.2 Å². The standard InChI is InChI=1S/C30H45F3O3/c1-2-3-4-7-23-10-12-24(13-11-23)8-5-6-9-25-14-16-26(17-15-25)27-18-28(34-20-31)30(36-22-33)29(19-27)35-21-32/h6,9,18-19,23-26H,2-5,7-8,10-17,20-22H2,1H3/b9-6+. The molecule has 3 nitrogen and oxygen atoms in total. The summed E-state index contributed by atoms with van der Waals surface area (Å²) in [5.74, 6) is 2.70. The van der Waals surface area contributed by atoms with Crippen LogP contribution >= 0.6 is 0 Å². The van der Waals surface area contributed by atoms with Gasteiger partial charge in [0.1, 0.15) is 0 Å². The molecular weight excluding hydrogens is 465 g/mol. The molecule has 3 rings (SSSR count). The molecule has 2 saturated carbocycles. The van der Waals surface area contributed by atoms with Crippen molar-refractivity contribution in [2.45, 2.75) is 103 Å². The van der Waals surface area contributed by atoms with Gasteiger partial charge >= 0.3 is 0 Å². The molecule has 0 atom stereocenters. The molecule has 0 amide bonds. The van der Waals surface area contributed by atoms with Gasteiger partial charge in [-0.2, -0.15) is 0 Å². The lowest BCUT2D eigenvalue weighted by Crippen LogP contribution is -2.14. The number of rotatable bonds is 15. The zero-order valence-electron chi connectivity index (χ0n) is 22.0. The molecule has 1 aromatic rings. The van der Waals surface area contributed by atoms with Crippen LogP contribution in [0.15, 0.2) is 24.3 Å².